The van der Waals surface area contributed by atoms with Gasteiger partial charge in [0, 0.05) is 19.8 Å². The van der Waals surface area contributed by atoms with Crippen molar-refractivity contribution in [2.45, 2.75) is 12.8 Å². The van der Waals surface area contributed by atoms with Gasteiger partial charge in [-0.3, -0.25) is 4.68 Å². The number of hydrogen-bond acceptors (Lipinski definition) is 4. The molecule has 1 unspecified atom stereocenters. The highest BCUT2D eigenvalue weighted by Crippen LogP contribution is 2.29. The molecule has 1 aliphatic heterocycles. The molecular weight excluding hydrogens is 228 g/mol. The molecule has 0 amide bonds. The Morgan fingerprint density at radius 2 is 2.38 bits per heavy atom. The molecule has 2 heterocycles. The summed E-state index contributed by atoms with van der Waals surface area (Å²) >= 11 is 6.30. The third kappa shape index (κ3) is 2.01. The third-order valence-corrected chi connectivity index (χ3v) is 2.75. The van der Waals surface area contributed by atoms with Crippen LogP contribution < -0.4 is 5.32 Å². The lowest BCUT2D eigenvalue weighted by Gasteiger charge is -2.12. The van der Waals surface area contributed by atoms with Crippen LogP contribution in [0.25, 0.3) is 0 Å². The lowest BCUT2D eigenvalue weighted by molar-refractivity contribution is 0.146. The number of nitrogens with zero attached hydrogens (tertiary/aromatic N) is 3. The lowest BCUT2D eigenvalue weighted by atomic mass is 10.3. The standard InChI is InChI=1S/C10H15ClN4O/c1-14(2)6-7-8(11)9(15(3)13-7)10-12-4-5-16-10/h4-5,10,12H,6H2,1-3H3. The van der Waals surface area contributed by atoms with Crippen molar-refractivity contribution in [1.82, 2.24) is 20.0 Å². The van der Waals surface area contributed by atoms with Gasteiger partial charge in [0.05, 0.1) is 10.7 Å². The lowest BCUT2D eigenvalue weighted by Crippen LogP contribution is -2.15. The topological polar surface area (TPSA) is 42.3 Å². The molecule has 0 bridgehead atoms. The van der Waals surface area contributed by atoms with Crippen molar-refractivity contribution < 1.29 is 4.74 Å². The summed E-state index contributed by atoms with van der Waals surface area (Å²) < 4.78 is 7.12. The Labute approximate surface area is 99.6 Å². The first-order chi connectivity index (χ1) is 7.59. The van der Waals surface area contributed by atoms with Crippen LogP contribution in [-0.2, 0) is 18.3 Å². The molecule has 1 atom stereocenters. The molecule has 2 rings (SSSR count). The van der Waals surface area contributed by atoms with Crippen LogP contribution in [0.15, 0.2) is 12.5 Å². The Kier molecular flexibility index (Phi) is 3.07. The highest BCUT2D eigenvalue weighted by Gasteiger charge is 2.24. The summed E-state index contributed by atoms with van der Waals surface area (Å²) in [5.74, 6) is 0. The van der Waals surface area contributed by atoms with Gasteiger partial charge in [-0.15, -0.1) is 0 Å². The fraction of sp³-hybridized carbons (Fsp3) is 0.500. The second-order valence-electron chi connectivity index (χ2n) is 3.99. The summed E-state index contributed by atoms with van der Waals surface area (Å²) in [6, 6.07) is 0. The predicted molar refractivity (Wildman–Crippen MR) is 61.7 cm³/mol. The number of aryl methyl sites for hydroxylation is 1. The van der Waals surface area contributed by atoms with Crippen LogP contribution >= 0.6 is 11.6 Å². The molecule has 1 N–H and O–H groups in total. The Morgan fingerprint density at radius 3 is 2.94 bits per heavy atom. The molecular formula is C10H15ClN4O. The molecule has 6 heteroatoms. The smallest absolute Gasteiger partial charge is 0.213 e. The summed E-state index contributed by atoms with van der Waals surface area (Å²) in [5.41, 5.74) is 1.71. The molecule has 1 aliphatic rings. The maximum Gasteiger partial charge on any atom is 0.213 e. The molecule has 0 aromatic carbocycles. The number of ether oxygens (including phenoxy) is 1. The van der Waals surface area contributed by atoms with Crippen LogP contribution in [0.4, 0.5) is 0 Å². The predicted octanol–water partition coefficient (Wildman–Crippen LogP) is 1.22. The fourth-order valence-electron chi connectivity index (χ4n) is 1.68. The summed E-state index contributed by atoms with van der Waals surface area (Å²) in [5, 5.41) is 8.11. The Hall–Kier alpha value is -1.20. The van der Waals surface area contributed by atoms with Gasteiger partial charge >= 0.3 is 0 Å². The van der Waals surface area contributed by atoms with Crippen LogP contribution in [0.5, 0.6) is 0 Å². The van der Waals surface area contributed by atoms with Gasteiger partial charge in [-0.05, 0) is 14.1 Å². The first kappa shape index (κ1) is 11.3. The largest absolute Gasteiger partial charge is 0.471 e. The maximum atomic E-state index is 6.30. The van der Waals surface area contributed by atoms with E-state index < -0.39 is 0 Å². The van der Waals surface area contributed by atoms with Gasteiger partial charge in [-0.1, -0.05) is 11.6 Å². The van der Waals surface area contributed by atoms with E-state index in [1.54, 1.807) is 17.1 Å². The second kappa shape index (κ2) is 4.35. The molecule has 16 heavy (non-hydrogen) atoms. The van der Waals surface area contributed by atoms with Gasteiger partial charge in [-0.25, -0.2) is 0 Å². The molecule has 88 valence electrons. The van der Waals surface area contributed by atoms with E-state index in [0.717, 1.165) is 11.4 Å². The van der Waals surface area contributed by atoms with Gasteiger partial charge in [-0.2, -0.15) is 5.10 Å². The summed E-state index contributed by atoms with van der Waals surface area (Å²) in [6.45, 7) is 0.715. The Morgan fingerprint density at radius 1 is 1.62 bits per heavy atom. The van der Waals surface area contributed by atoms with Gasteiger partial charge in [0.2, 0.25) is 6.23 Å². The van der Waals surface area contributed by atoms with Crippen LogP contribution in [-0.4, -0.2) is 28.8 Å². The van der Waals surface area contributed by atoms with Gasteiger partial charge in [0.25, 0.3) is 0 Å². The summed E-state index contributed by atoms with van der Waals surface area (Å²) in [4.78, 5) is 2.03. The third-order valence-electron chi connectivity index (χ3n) is 2.34. The molecule has 0 aliphatic carbocycles. The normalized spacial score (nSPS) is 18.9. The molecule has 1 aromatic heterocycles. The molecule has 5 nitrogen and oxygen atoms in total. The zero-order valence-corrected chi connectivity index (χ0v) is 10.3. The summed E-state index contributed by atoms with van der Waals surface area (Å²) in [6.07, 6.45) is 3.13. The molecule has 0 saturated heterocycles. The van der Waals surface area contributed by atoms with Gasteiger partial charge in [0.15, 0.2) is 0 Å². The van der Waals surface area contributed by atoms with Crippen molar-refractivity contribution in [3.63, 3.8) is 0 Å². The van der Waals surface area contributed by atoms with Gasteiger partial charge in [0.1, 0.15) is 12.0 Å². The minimum absolute atomic E-state index is 0.235. The van der Waals surface area contributed by atoms with Crippen molar-refractivity contribution in [1.29, 1.82) is 0 Å². The maximum absolute atomic E-state index is 6.30. The van der Waals surface area contributed by atoms with E-state index in [4.69, 9.17) is 16.3 Å². The zero-order valence-electron chi connectivity index (χ0n) is 9.57. The first-order valence-electron chi connectivity index (χ1n) is 5.02. The first-order valence-corrected chi connectivity index (χ1v) is 5.40. The fourth-order valence-corrected chi connectivity index (χ4v) is 2.00. The number of aromatic nitrogens is 2. The van der Waals surface area contributed by atoms with Crippen LogP contribution in [0.3, 0.4) is 0 Å². The quantitative estimate of drug-likeness (QED) is 0.866. The molecule has 0 radical (unpaired) electrons. The van der Waals surface area contributed by atoms with Crippen LogP contribution in [0, 0.1) is 0 Å². The number of hydrogen-bond donors (Lipinski definition) is 1. The molecule has 0 spiro atoms. The minimum atomic E-state index is -0.235. The Balaban J connectivity index is 2.27. The minimum Gasteiger partial charge on any atom is -0.471 e. The average Bonchev–Trinajstić information content (AvgIpc) is 2.76. The SMILES string of the molecule is CN(C)Cc1nn(C)c(C2NC=CO2)c1Cl. The Bertz CT molecular complexity index is 405. The second-order valence-corrected chi connectivity index (χ2v) is 4.37. The van der Waals surface area contributed by atoms with Crippen LogP contribution in [0.1, 0.15) is 17.6 Å². The van der Waals surface area contributed by atoms with Crippen molar-refractivity contribution >= 4 is 11.6 Å². The van der Waals surface area contributed by atoms with Crippen LogP contribution in [0.2, 0.25) is 5.02 Å². The number of nitrogens with one attached hydrogen (secondary N) is 1. The van der Waals surface area contributed by atoms with E-state index in [1.165, 1.54) is 0 Å². The average molecular weight is 243 g/mol. The molecule has 0 saturated carbocycles. The van der Waals surface area contributed by atoms with Crippen molar-refractivity contribution in [3.8, 4) is 0 Å². The van der Waals surface area contributed by atoms with Crippen molar-refractivity contribution in [2.24, 2.45) is 7.05 Å². The van der Waals surface area contributed by atoms with E-state index in [9.17, 15) is 0 Å². The molecule has 0 fully saturated rings. The molecule has 1 aromatic rings. The van der Waals surface area contributed by atoms with E-state index in [2.05, 4.69) is 10.4 Å². The van der Waals surface area contributed by atoms with Crippen molar-refractivity contribution in [3.05, 3.63) is 28.9 Å². The highest BCUT2D eigenvalue weighted by atomic mass is 35.5. The zero-order chi connectivity index (χ0) is 11.7. The van der Waals surface area contributed by atoms with E-state index in [0.29, 0.717) is 11.6 Å². The number of rotatable bonds is 3. The van der Waals surface area contributed by atoms with E-state index in [-0.39, 0.29) is 6.23 Å². The number of halogens is 1. The monoisotopic (exact) mass is 242 g/mol. The summed E-state index contributed by atoms with van der Waals surface area (Å²) in [7, 11) is 5.83. The van der Waals surface area contributed by atoms with E-state index in [1.807, 2.05) is 26.0 Å². The van der Waals surface area contributed by atoms with E-state index >= 15 is 0 Å². The van der Waals surface area contributed by atoms with Gasteiger partial charge < -0.3 is 15.0 Å². The van der Waals surface area contributed by atoms with Crippen molar-refractivity contribution in [2.75, 3.05) is 14.1 Å². The highest BCUT2D eigenvalue weighted by molar-refractivity contribution is 6.32.